The van der Waals surface area contributed by atoms with Gasteiger partial charge in [0.05, 0.1) is 12.7 Å². The van der Waals surface area contributed by atoms with Crippen LogP contribution in [0.3, 0.4) is 0 Å². The van der Waals surface area contributed by atoms with Crippen molar-refractivity contribution in [2.24, 2.45) is 0 Å². The van der Waals surface area contributed by atoms with Gasteiger partial charge in [-0.2, -0.15) is 0 Å². The lowest BCUT2D eigenvalue weighted by Gasteiger charge is -2.15. The second kappa shape index (κ2) is 6.78. The Morgan fingerprint density at radius 2 is 2.11 bits per heavy atom. The van der Waals surface area contributed by atoms with Crippen molar-refractivity contribution in [1.29, 1.82) is 0 Å². The number of rotatable bonds is 6. The molecule has 0 aliphatic rings. The fraction of sp³-hybridized carbons (Fsp3) is 0.429. The van der Waals surface area contributed by atoms with E-state index < -0.39 is 5.97 Å². The van der Waals surface area contributed by atoms with E-state index in [9.17, 15) is 9.59 Å². The van der Waals surface area contributed by atoms with Gasteiger partial charge in [-0.15, -0.1) is 0 Å². The molecule has 1 unspecified atom stereocenters. The molecule has 5 nitrogen and oxygen atoms in total. The summed E-state index contributed by atoms with van der Waals surface area (Å²) in [5, 5.41) is 11.4. The molecule has 2 N–H and O–H groups in total. The van der Waals surface area contributed by atoms with Gasteiger partial charge in [0, 0.05) is 12.5 Å². The molecule has 1 amide bonds. The van der Waals surface area contributed by atoms with Gasteiger partial charge in [0.2, 0.25) is 0 Å². The largest absolute Gasteiger partial charge is 0.496 e. The monoisotopic (exact) mass is 265 g/mol. The lowest BCUT2D eigenvalue weighted by molar-refractivity contribution is -0.137. The highest BCUT2D eigenvalue weighted by Gasteiger charge is 2.15. The van der Waals surface area contributed by atoms with Crippen molar-refractivity contribution in [3.63, 3.8) is 0 Å². The highest BCUT2D eigenvalue weighted by atomic mass is 16.5. The molecule has 0 heterocycles. The number of carboxylic acids is 1. The standard InChI is InChI=1S/C14H19NO4/c1-9-4-6-12(19-3)11(8-9)14(18)15-10(2)5-7-13(16)17/h4,6,8,10H,5,7H2,1-3H3,(H,15,18)(H,16,17). The Bertz CT molecular complexity index is 471. The van der Waals surface area contributed by atoms with Crippen LogP contribution in [0.4, 0.5) is 0 Å². The van der Waals surface area contributed by atoms with E-state index in [2.05, 4.69) is 5.32 Å². The molecule has 0 spiro atoms. The highest BCUT2D eigenvalue weighted by molar-refractivity contribution is 5.97. The third-order valence-electron chi connectivity index (χ3n) is 2.77. The average molecular weight is 265 g/mol. The average Bonchev–Trinajstić information content (AvgIpc) is 2.36. The topological polar surface area (TPSA) is 75.6 Å². The molecule has 0 aliphatic carbocycles. The number of carbonyl (C=O) groups is 2. The molecule has 0 aromatic heterocycles. The second-order valence-electron chi connectivity index (χ2n) is 4.51. The van der Waals surface area contributed by atoms with Gasteiger partial charge in [-0.1, -0.05) is 11.6 Å². The minimum atomic E-state index is -0.866. The van der Waals surface area contributed by atoms with E-state index in [0.717, 1.165) is 5.56 Å². The number of hydrogen-bond donors (Lipinski definition) is 2. The van der Waals surface area contributed by atoms with Crippen molar-refractivity contribution in [2.75, 3.05) is 7.11 Å². The van der Waals surface area contributed by atoms with E-state index in [1.807, 2.05) is 13.0 Å². The van der Waals surface area contributed by atoms with Crippen LogP contribution in [0.2, 0.25) is 0 Å². The summed E-state index contributed by atoms with van der Waals surface area (Å²) in [6.07, 6.45) is 0.432. The Hall–Kier alpha value is -2.04. The Balaban J connectivity index is 2.72. The molecule has 5 heteroatoms. The summed E-state index contributed by atoms with van der Waals surface area (Å²) in [5.41, 5.74) is 1.42. The fourth-order valence-electron chi connectivity index (χ4n) is 1.71. The molecule has 0 bridgehead atoms. The fourth-order valence-corrected chi connectivity index (χ4v) is 1.71. The van der Waals surface area contributed by atoms with E-state index in [1.54, 1.807) is 19.1 Å². The summed E-state index contributed by atoms with van der Waals surface area (Å²) in [6, 6.07) is 5.15. The first-order chi connectivity index (χ1) is 8.93. The van der Waals surface area contributed by atoms with E-state index in [4.69, 9.17) is 9.84 Å². The number of carboxylic acid groups (broad SMARTS) is 1. The number of nitrogens with one attached hydrogen (secondary N) is 1. The second-order valence-corrected chi connectivity index (χ2v) is 4.51. The van der Waals surface area contributed by atoms with Gasteiger partial charge in [-0.3, -0.25) is 9.59 Å². The molecule has 0 saturated heterocycles. The van der Waals surface area contributed by atoms with Crippen LogP contribution in [0.25, 0.3) is 0 Å². The van der Waals surface area contributed by atoms with Crippen molar-refractivity contribution < 1.29 is 19.4 Å². The minimum absolute atomic E-state index is 0.0341. The number of ether oxygens (including phenoxy) is 1. The zero-order valence-corrected chi connectivity index (χ0v) is 11.4. The van der Waals surface area contributed by atoms with Crippen molar-refractivity contribution >= 4 is 11.9 Å². The Labute approximate surface area is 112 Å². The van der Waals surface area contributed by atoms with Crippen molar-refractivity contribution in [1.82, 2.24) is 5.32 Å². The molecule has 1 aromatic rings. The van der Waals surface area contributed by atoms with Gasteiger partial charge in [0.25, 0.3) is 5.91 Å². The van der Waals surface area contributed by atoms with Crippen LogP contribution >= 0.6 is 0 Å². The molecule has 1 atom stereocenters. The van der Waals surface area contributed by atoms with Gasteiger partial charge >= 0.3 is 5.97 Å². The molecule has 0 aliphatic heterocycles. The molecule has 0 saturated carbocycles. The van der Waals surface area contributed by atoms with Gasteiger partial charge in [0.15, 0.2) is 0 Å². The first-order valence-electron chi connectivity index (χ1n) is 6.11. The predicted octanol–water partition coefficient (Wildman–Crippen LogP) is 1.99. The zero-order valence-electron chi connectivity index (χ0n) is 11.4. The van der Waals surface area contributed by atoms with E-state index in [-0.39, 0.29) is 18.4 Å². The van der Waals surface area contributed by atoms with E-state index >= 15 is 0 Å². The van der Waals surface area contributed by atoms with Crippen LogP contribution in [0.5, 0.6) is 5.75 Å². The maximum atomic E-state index is 12.1. The Morgan fingerprint density at radius 1 is 1.42 bits per heavy atom. The Kier molecular flexibility index (Phi) is 5.36. The third kappa shape index (κ3) is 4.62. The van der Waals surface area contributed by atoms with Crippen molar-refractivity contribution in [2.45, 2.75) is 32.7 Å². The molecule has 1 rings (SSSR count). The van der Waals surface area contributed by atoms with Crippen LogP contribution in [-0.4, -0.2) is 30.1 Å². The normalized spacial score (nSPS) is 11.7. The molecule has 19 heavy (non-hydrogen) atoms. The van der Waals surface area contributed by atoms with Crippen molar-refractivity contribution in [3.8, 4) is 5.75 Å². The van der Waals surface area contributed by atoms with E-state index in [1.165, 1.54) is 7.11 Å². The highest BCUT2D eigenvalue weighted by Crippen LogP contribution is 2.19. The minimum Gasteiger partial charge on any atom is -0.496 e. The van der Waals surface area contributed by atoms with Crippen LogP contribution in [0.15, 0.2) is 18.2 Å². The first kappa shape index (κ1) is 15.0. The molecule has 104 valence electrons. The summed E-state index contributed by atoms with van der Waals surface area (Å²) in [4.78, 5) is 22.6. The predicted molar refractivity (Wildman–Crippen MR) is 71.5 cm³/mol. The summed E-state index contributed by atoms with van der Waals surface area (Å²) in [7, 11) is 1.51. The summed E-state index contributed by atoms with van der Waals surface area (Å²) in [5.74, 6) is -0.610. The quantitative estimate of drug-likeness (QED) is 0.824. The molecule has 0 radical (unpaired) electrons. The Morgan fingerprint density at radius 3 is 2.68 bits per heavy atom. The van der Waals surface area contributed by atoms with Gasteiger partial charge < -0.3 is 15.2 Å². The number of aliphatic carboxylic acids is 1. The van der Waals surface area contributed by atoms with E-state index in [0.29, 0.717) is 17.7 Å². The molecular weight excluding hydrogens is 246 g/mol. The van der Waals surface area contributed by atoms with Gasteiger partial charge in [-0.25, -0.2) is 0 Å². The maximum absolute atomic E-state index is 12.1. The number of aryl methyl sites for hydroxylation is 1. The van der Waals surface area contributed by atoms with Crippen molar-refractivity contribution in [3.05, 3.63) is 29.3 Å². The lowest BCUT2D eigenvalue weighted by Crippen LogP contribution is -2.33. The summed E-state index contributed by atoms with van der Waals surface area (Å²) >= 11 is 0. The zero-order chi connectivity index (χ0) is 14.4. The molecule has 0 fully saturated rings. The van der Waals surface area contributed by atoms with Gasteiger partial charge in [0.1, 0.15) is 5.75 Å². The van der Waals surface area contributed by atoms with Gasteiger partial charge in [-0.05, 0) is 32.4 Å². The number of carbonyl (C=O) groups excluding carboxylic acids is 1. The van der Waals surface area contributed by atoms with Crippen LogP contribution in [-0.2, 0) is 4.79 Å². The summed E-state index contributed by atoms with van der Waals surface area (Å²) in [6.45, 7) is 3.67. The van der Waals surface area contributed by atoms with Crippen LogP contribution in [0.1, 0.15) is 35.7 Å². The lowest BCUT2D eigenvalue weighted by atomic mass is 10.1. The number of amides is 1. The first-order valence-corrected chi connectivity index (χ1v) is 6.11. The maximum Gasteiger partial charge on any atom is 0.303 e. The third-order valence-corrected chi connectivity index (χ3v) is 2.77. The number of hydrogen-bond acceptors (Lipinski definition) is 3. The SMILES string of the molecule is COc1ccc(C)cc1C(=O)NC(C)CCC(=O)O. The smallest absolute Gasteiger partial charge is 0.303 e. The molecule has 1 aromatic carbocycles. The molecular formula is C14H19NO4. The summed E-state index contributed by atoms with van der Waals surface area (Å²) < 4.78 is 5.15. The van der Waals surface area contributed by atoms with Crippen LogP contribution in [0, 0.1) is 6.92 Å². The number of benzene rings is 1. The number of methoxy groups -OCH3 is 1. The van der Waals surface area contributed by atoms with Crippen LogP contribution < -0.4 is 10.1 Å².